The summed E-state index contributed by atoms with van der Waals surface area (Å²) in [4.78, 5) is 13.7. The number of nitrogens with zero attached hydrogens (tertiary/aromatic N) is 1. The number of carbonyl (C=O) groups is 1. The first-order valence-electron chi connectivity index (χ1n) is 8.73. The highest BCUT2D eigenvalue weighted by molar-refractivity contribution is 5.92. The van der Waals surface area contributed by atoms with Gasteiger partial charge in [0.15, 0.2) is 0 Å². The van der Waals surface area contributed by atoms with E-state index in [1.807, 2.05) is 11.0 Å². The molecule has 0 aromatic heterocycles. The van der Waals surface area contributed by atoms with Crippen LogP contribution in [0.2, 0.25) is 0 Å². The van der Waals surface area contributed by atoms with Gasteiger partial charge in [0.2, 0.25) is 5.91 Å². The maximum absolute atomic E-state index is 11.8. The van der Waals surface area contributed by atoms with Crippen molar-refractivity contribution >= 4 is 12.0 Å². The molecular weight excluding hydrogens is 288 g/mol. The second-order valence-corrected chi connectivity index (χ2v) is 6.09. The lowest BCUT2D eigenvalue weighted by atomic mass is 10.1. The van der Waals surface area contributed by atoms with Crippen LogP contribution in [0.3, 0.4) is 0 Å². The van der Waals surface area contributed by atoms with Crippen molar-refractivity contribution in [1.82, 2.24) is 10.2 Å². The van der Waals surface area contributed by atoms with Crippen LogP contribution in [0, 0.1) is 0 Å². The van der Waals surface area contributed by atoms with Crippen molar-refractivity contribution in [3.05, 3.63) is 35.9 Å². The predicted molar refractivity (Wildman–Crippen MR) is 94.3 cm³/mol. The molecule has 2 saturated heterocycles. The van der Waals surface area contributed by atoms with E-state index in [-0.39, 0.29) is 11.7 Å². The van der Waals surface area contributed by atoms with E-state index >= 15 is 0 Å². The average Bonchev–Trinajstić information content (AvgIpc) is 2.63. The van der Waals surface area contributed by atoms with Gasteiger partial charge in [0.05, 0.1) is 0 Å². The first kappa shape index (κ1) is 17.5. The second kappa shape index (κ2) is 10.1. The number of piperidine rings is 2. The van der Waals surface area contributed by atoms with E-state index in [4.69, 9.17) is 0 Å². The van der Waals surface area contributed by atoms with Gasteiger partial charge in [-0.2, -0.15) is 0 Å². The molecule has 4 nitrogen and oxygen atoms in total. The van der Waals surface area contributed by atoms with E-state index in [1.54, 1.807) is 30.4 Å². The summed E-state index contributed by atoms with van der Waals surface area (Å²) in [6.07, 6.45) is 10.8. The zero-order chi connectivity index (χ0) is 16.3. The molecule has 0 atom stereocenters. The van der Waals surface area contributed by atoms with E-state index in [0.29, 0.717) is 5.56 Å². The molecule has 2 aliphatic heterocycles. The number of hydrogen-bond donors (Lipinski definition) is 2. The first-order valence-corrected chi connectivity index (χ1v) is 8.73. The van der Waals surface area contributed by atoms with Crippen LogP contribution < -0.4 is 5.32 Å². The third kappa shape index (κ3) is 6.45. The molecule has 0 radical (unpaired) electrons. The largest absolute Gasteiger partial charge is 0.507 e. The molecule has 4 heteroatoms. The molecule has 3 rings (SSSR count). The number of likely N-dealkylation sites (tertiary alicyclic amines) is 1. The lowest BCUT2D eigenvalue weighted by Crippen LogP contribution is -2.34. The molecule has 2 fully saturated rings. The minimum Gasteiger partial charge on any atom is -0.507 e. The third-order valence-corrected chi connectivity index (χ3v) is 4.22. The van der Waals surface area contributed by atoms with Crippen LogP contribution in [0.15, 0.2) is 30.3 Å². The predicted octanol–water partition coefficient (Wildman–Crippen LogP) is 3.18. The Morgan fingerprint density at radius 2 is 1.65 bits per heavy atom. The molecule has 0 bridgehead atoms. The topological polar surface area (TPSA) is 52.6 Å². The Labute approximate surface area is 139 Å². The monoisotopic (exact) mass is 316 g/mol. The normalized spacial score (nSPS) is 18.3. The number of phenols is 1. The summed E-state index contributed by atoms with van der Waals surface area (Å²) in [5, 5.41) is 12.8. The van der Waals surface area contributed by atoms with Gasteiger partial charge in [0.25, 0.3) is 0 Å². The molecule has 0 aliphatic carbocycles. The summed E-state index contributed by atoms with van der Waals surface area (Å²) in [5.41, 5.74) is 0.679. The summed E-state index contributed by atoms with van der Waals surface area (Å²) in [5.74, 6) is 0.239. The van der Waals surface area contributed by atoms with Crippen molar-refractivity contribution in [1.29, 1.82) is 0 Å². The number of amides is 1. The Kier molecular flexibility index (Phi) is 7.67. The van der Waals surface area contributed by atoms with Gasteiger partial charge in [0.1, 0.15) is 5.75 Å². The number of phenolic OH excluding ortho intramolecular Hbond substituents is 1. The lowest BCUT2D eigenvalue weighted by molar-refractivity contribution is -0.126. The van der Waals surface area contributed by atoms with Gasteiger partial charge >= 0.3 is 0 Å². The number of carbonyl (C=O) groups excluding carboxylic acids is 1. The highest BCUT2D eigenvalue weighted by Crippen LogP contribution is 2.17. The maximum Gasteiger partial charge on any atom is 0.246 e. The van der Waals surface area contributed by atoms with Crippen LogP contribution in [0.25, 0.3) is 6.08 Å². The third-order valence-electron chi connectivity index (χ3n) is 4.22. The molecule has 1 aromatic rings. The number of nitrogens with one attached hydrogen (secondary N) is 1. The van der Waals surface area contributed by atoms with Crippen molar-refractivity contribution in [3.8, 4) is 5.75 Å². The summed E-state index contributed by atoms with van der Waals surface area (Å²) in [6, 6.07) is 7.00. The van der Waals surface area contributed by atoms with Crippen molar-refractivity contribution in [2.75, 3.05) is 26.2 Å². The number of hydrogen-bond acceptors (Lipinski definition) is 3. The fourth-order valence-electron chi connectivity index (χ4n) is 2.81. The standard InChI is InChI=1S/C14H17NO2.C5H11N/c16-13-7-3-2-6-12(13)8-9-14(17)15-10-4-1-5-11-15;1-2-4-6-5-3-1/h2-3,6-9,16H,1,4-5,10-11H2;6H,1-5H2/b9-8+;. The van der Waals surface area contributed by atoms with Crippen molar-refractivity contribution in [2.45, 2.75) is 38.5 Å². The van der Waals surface area contributed by atoms with Gasteiger partial charge in [-0.05, 0) is 57.3 Å². The molecule has 23 heavy (non-hydrogen) atoms. The molecule has 126 valence electrons. The number of aromatic hydroxyl groups is 1. The van der Waals surface area contributed by atoms with E-state index in [1.165, 1.54) is 38.8 Å². The highest BCUT2D eigenvalue weighted by Gasteiger charge is 2.13. The summed E-state index contributed by atoms with van der Waals surface area (Å²) in [6.45, 7) is 4.20. The molecule has 2 heterocycles. The van der Waals surface area contributed by atoms with Crippen LogP contribution in [-0.2, 0) is 4.79 Å². The first-order chi connectivity index (χ1) is 11.3. The van der Waals surface area contributed by atoms with Crippen molar-refractivity contribution in [3.63, 3.8) is 0 Å². The van der Waals surface area contributed by atoms with Crippen LogP contribution >= 0.6 is 0 Å². The van der Waals surface area contributed by atoms with Crippen molar-refractivity contribution in [2.24, 2.45) is 0 Å². The summed E-state index contributed by atoms with van der Waals surface area (Å²) < 4.78 is 0. The quantitative estimate of drug-likeness (QED) is 0.824. The SMILES string of the molecule is C1CCNCC1.O=C(/C=C/c1ccccc1O)N1CCCCC1. The van der Waals surface area contributed by atoms with E-state index < -0.39 is 0 Å². The molecule has 1 amide bonds. The molecule has 0 spiro atoms. The van der Waals surface area contributed by atoms with Gasteiger partial charge in [-0.15, -0.1) is 0 Å². The molecule has 0 saturated carbocycles. The van der Waals surface area contributed by atoms with Gasteiger partial charge in [-0.1, -0.05) is 24.6 Å². The Morgan fingerprint density at radius 3 is 2.22 bits per heavy atom. The van der Waals surface area contributed by atoms with E-state index in [0.717, 1.165) is 25.9 Å². The minimum atomic E-state index is 0.0351. The lowest BCUT2D eigenvalue weighted by Gasteiger charge is -2.25. The fourth-order valence-corrected chi connectivity index (χ4v) is 2.81. The number of para-hydroxylation sites is 1. The fraction of sp³-hybridized carbons (Fsp3) is 0.526. The zero-order valence-electron chi connectivity index (χ0n) is 13.8. The minimum absolute atomic E-state index is 0.0351. The smallest absolute Gasteiger partial charge is 0.246 e. The maximum atomic E-state index is 11.8. The van der Waals surface area contributed by atoms with Crippen LogP contribution in [0.1, 0.15) is 44.1 Å². The Hall–Kier alpha value is -1.81. The van der Waals surface area contributed by atoms with Gasteiger partial charge in [-0.25, -0.2) is 0 Å². The highest BCUT2D eigenvalue weighted by atomic mass is 16.3. The van der Waals surface area contributed by atoms with Gasteiger partial charge < -0.3 is 15.3 Å². The van der Waals surface area contributed by atoms with Crippen molar-refractivity contribution < 1.29 is 9.90 Å². The molecule has 1 aromatic carbocycles. The van der Waals surface area contributed by atoms with E-state index in [9.17, 15) is 9.90 Å². The summed E-state index contributed by atoms with van der Waals surface area (Å²) >= 11 is 0. The second-order valence-electron chi connectivity index (χ2n) is 6.09. The summed E-state index contributed by atoms with van der Waals surface area (Å²) in [7, 11) is 0. The Balaban J connectivity index is 0.000000268. The molecular formula is C19H28N2O2. The molecule has 0 unspecified atom stereocenters. The Bertz CT molecular complexity index is 492. The Morgan fingerprint density at radius 1 is 1.00 bits per heavy atom. The number of benzene rings is 1. The zero-order valence-corrected chi connectivity index (χ0v) is 13.8. The van der Waals surface area contributed by atoms with Gasteiger partial charge in [0, 0.05) is 24.7 Å². The van der Waals surface area contributed by atoms with E-state index in [2.05, 4.69) is 5.32 Å². The molecule has 2 N–H and O–H groups in total. The van der Waals surface area contributed by atoms with Crippen LogP contribution in [0.4, 0.5) is 0 Å². The molecule has 2 aliphatic rings. The van der Waals surface area contributed by atoms with Crippen LogP contribution in [-0.4, -0.2) is 42.1 Å². The van der Waals surface area contributed by atoms with Crippen LogP contribution in [0.5, 0.6) is 5.75 Å². The number of rotatable bonds is 2. The average molecular weight is 316 g/mol. The van der Waals surface area contributed by atoms with Gasteiger partial charge in [-0.3, -0.25) is 4.79 Å².